The van der Waals surface area contributed by atoms with Gasteiger partial charge < -0.3 is 4.74 Å². The van der Waals surface area contributed by atoms with Gasteiger partial charge >= 0.3 is 5.97 Å². The van der Waals surface area contributed by atoms with Crippen LogP contribution in [0.15, 0.2) is 35.8 Å². The second kappa shape index (κ2) is 5.05. The Labute approximate surface area is 118 Å². The first-order valence-corrected chi connectivity index (χ1v) is 6.97. The zero-order chi connectivity index (χ0) is 14.1. The van der Waals surface area contributed by atoms with Gasteiger partial charge in [-0.15, -0.1) is 11.3 Å². The minimum Gasteiger partial charge on any atom is -0.461 e. The van der Waals surface area contributed by atoms with Crippen molar-refractivity contribution in [2.75, 3.05) is 6.61 Å². The summed E-state index contributed by atoms with van der Waals surface area (Å²) in [4.78, 5) is 16.8. The molecule has 102 valence electrons. The Balaban J connectivity index is 2.08. The van der Waals surface area contributed by atoms with Crippen LogP contribution in [0.4, 0.5) is 4.39 Å². The number of aromatic nitrogens is 2. The number of imidazole rings is 1. The van der Waals surface area contributed by atoms with Crippen molar-refractivity contribution in [2.45, 2.75) is 6.92 Å². The fourth-order valence-corrected chi connectivity index (χ4v) is 2.78. The third-order valence-corrected chi connectivity index (χ3v) is 3.68. The maximum Gasteiger partial charge on any atom is 0.356 e. The molecule has 4 nitrogen and oxygen atoms in total. The molecule has 2 aromatic heterocycles. The Hall–Kier alpha value is -2.21. The predicted octanol–water partition coefficient (Wildman–Crippen LogP) is 3.38. The first kappa shape index (κ1) is 12.8. The van der Waals surface area contributed by atoms with E-state index in [0.717, 1.165) is 0 Å². The van der Waals surface area contributed by atoms with Gasteiger partial charge in [-0.05, 0) is 19.1 Å². The minimum absolute atomic E-state index is 0.311. The van der Waals surface area contributed by atoms with Crippen molar-refractivity contribution in [3.8, 4) is 11.3 Å². The van der Waals surface area contributed by atoms with Crippen LogP contribution in [0.5, 0.6) is 0 Å². The topological polar surface area (TPSA) is 43.6 Å². The summed E-state index contributed by atoms with van der Waals surface area (Å²) in [6, 6.07) is 6.42. The molecule has 3 aromatic rings. The summed E-state index contributed by atoms with van der Waals surface area (Å²) >= 11 is 1.32. The third-order valence-electron chi connectivity index (χ3n) is 2.84. The van der Waals surface area contributed by atoms with E-state index in [9.17, 15) is 9.18 Å². The van der Waals surface area contributed by atoms with Gasteiger partial charge in [0.25, 0.3) is 0 Å². The quantitative estimate of drug-likeness (QED) is 0.695. The van der Waals surface area contributed by atoms with Gasteiger partial charge in [0.15, 0.2) is 4.96 Å². The normalized spacial score (nSPS) is 10.9. The molecule has 0 aliphatic heterocycles. The van der Waals surface area contributed by atoms with E-state index in [-0.39, 0.29) is 5.82 Å². The molecule has 6 heteroatoms. The lowest BCUT2D eigenvalue weighted by Crippen LogP contribution is -2.06. The Bertz CT molecular complexity index is 778. The van der Waals surface area contributed by atoms with Gasteiger partial charge in [-0.25, -0.2) is 14.2 Å². The number of carbonyl (C=O) groups is 1. The first-order chi connectivity index (χ1) is 9.70. The van der Waals surface area contributed by atoms with Gasteiger partial charge in [0.2, 0.25) is 0 Å². The van der Waals surface area contributed by atoms with Crippen LogP contribution in [-0.2, 0) is 4.74 Å². The Kier molecular flexibility index (Phi) is 3.23. The second-order valence-corrected chi connectivity index (χ2v) is 4.94. The summed E-state index contributed by atoms with van der Waals surface area (Å²) in [5.41, 5.74) is 1.32. The standard InChI is InChI=1S/C14H11FN2O2S/c1-2-19-13(18)12-8-20-14-16-11(7-17(12)14)9-5-3-4-6-10(9)15/h3-8H,2H2,1H3. The van der Waals surface area contributed by atoms with Crippen molar-refractivity contribution in [3.05, 3.63) is 47.4 Å². The van der Waals surface area contributed by atoms with E-state index in [0.29, 0.717) is 28.5 Å². The van der Waals surface area contributed by atoms with Crippen LogP contribution in [0.3, 0.4) is 0 Å². The Morgan fingerprint density at radius 2 is 2.25 bits per heavy atom. The summed E-state index contributed by atoms with van der Waals surface area (Å²) < 4.78 is 20.4. The molecular weight excluding hydrogens is 279 g/mol. The van der Waals surface area contributed by atoms with E-state index in [1.165, 1.54) is 17.4 Å². The zero-order valence-electron chi connectivity index (χ0n) is 10.7. The maximum absolute atomic E-state index is 13.8. The number of hydrogen-bond donors (Lipinski definition) is 0. The number of nitrogens with zero attached hydrogens (tertiary/aromatic N) is 2. The molecule has 0 unspecified atom stereocenters. The van der Waals surface area contributed by atoms with Crippen molar-refractivity contribution in [1.82, 2.24) is 9.38 Å². The number of benzene rings is 1. The molecule has 0 aliphatic carbocycles. The highest BCUT2D eigenvalue weighted by Gasteiger charge is 2.17. The molecular formula is C14H11FN2O2S. The summed E-state index contributed by atoms with van der Waals surface area (Å²) in [6.07, 6.45) is 1.65. The SMILES string of the molecule is CCOC(=O)c1csc2nc(-c3ccccc3F)cn12. The molecule has 0 fully saturated rings. The lowest BCUT2D eigenvalue weighted by Gasteiger charge is -1.99. The average Bonchev–Trinajstić information content (AvgIpc) is 2.99. The molecule has 2 heterocycles. The van der Waals surface area contributed by atoms with Gasteiger partial charge in [-0.3, -0.25) is 4.40 Å². The number of esters is 1. The van der Waals surface area contributed by atoms with Crippen LogP contribution in [0.2, 0.25) is 0 Å². The van der Waals surface area contributed by atoms with Gasteiger partial charge in [-0.2, -0.15) is 0 Å². The monoisotopic (exact) mass is 290 g/mol. The van der Waals surface area contributed by atoms with Gasteiger partial charge in [0, 0.05) is 17.1 Å². The lowest BCUT2D eigenvalue weighted by molar-refractivity contribution is 0.0518. The van der Waals surface area contributed by atoms with E-state index in [4.69, 9.17) is 4.74 Å². The van der Waals surface area contributed by atoms with E-state index in [2.05, 4.69) is 4.98 Å². The second-order valence-electron chi connectivity index (χ2n) is 4.10. The zero-order valence-corrected chi connectivity index (χ0v) is 11.5. The molecule has 0 bridgehead atoms. The summed E-state index contributed by atoms with van der Waals surface area (Å²) in [5, 5.41) is 1.69. The van der Waals surface area contributed by atoms with Crippen LogP contribution in [0, 0.1) is 5.82 Å². The van der Waals surface area contributed by atoms with Gasteiger partial charge in [0.1, 0.15) is 11.5 Å². The third kappa shape index (κ3) is 2.08. The molecule has 0 N–H and O–H groups in total. The van der Waals surface area contributed by atoms with Crippen LogP contribution in [-0.4, -0.2) is 22.0 Å². The van der Waals surface area contributed by atoms with E-state index < -0.39 is 5.97 Å². The van der Waals surface area contributed by atoms with Crippen LogP contribution in [0.25, 0.3) is 16.2 Å². The predicted molar refractivity (Wildman–Crippen MR) is 74.4 cm³/mol. The summed E-state index contributed by atoms with van der Waals surface area (Å²) in [5.74, 6) is -0.743. The largest absolute Gasteiger partial charge is 0.461 e. The first-order valence-electron chi connectivity index (χ1n) is 6.09. The fourth-order valence-electron chi connectivity index (χ4n) is 1.93. The highest BCUT2D eigenvalue weighted by Crippen LogP contribution is 2.25. The molecule has 0 radical (unpaired) electrons. The molecule has 0 saturated heterocycles. The Morgan fingerprint density at radius 1 is 1.45 bits per heavy atom. The lowest BCUT2D eigenvalue weighted by atomic mass is 10.1. The number of fused-ring (bicyclic) bond motifs is 1. The molecule has 0 spiro atoms. The molecule has 0 saturated carbocycles. The Morgan fingerprint density at radius 3 is 3.00 bits per heavy atom. The molecule has 20 heavy (non-hydrogen) atoms. The van der Waals surface area contributed by atoms with Crippen molar-refractivity contribution in [1.29, 1.82) is 0 Å². The number of ether oxygens (including phenoxy) is 1. The van der Waals surface area contributed by atoms with Crippen molar-refractivity contribution in [2.24, 2.45) is 0 Å². The van der Waals surface area contributed by atoms with Crippen LogP contribution in [0.1, 0.15) is 17.4 Å². The van der Waals surface area contributed by atoms with Gasteiger partial charge in [0.05, 0.1) is 12.3 Å². The number of hydrogen-bond acceptors (Lipinski definition) is 4. The molecule has 0 aliphatic rings. The van der Waals surface area contributed by atoms with Crippen molar-refractivity contribution >= 4 is 22.3 Å². The van der Waals surface area contributed by atoms with Crippen molar-refractivity contribution < 1.29 is 13.9 Å². The number of thiazole rings is 1. The number of carbonyl (C=O) groups excluding carboxylic acids is 1. The van der Waals surface area contributed by atoms with E-state index in [1.54, 1.807) is 41.1 Å². The van der Waals surface area contributed by atoms with Gasteiger partial charge in [-0.1, -0.05) is 12.1 Å². The molecule has 3 rings (SSSR count). The van der Waals surface area contributed by atoms with Crippen molar-refractivity contribution in [3.63, 3.8) is 0 Å². The molecule has 0 atom stereocenters. The fraction of sp³-hybridized carbons (Fsp3) is 0.143. The summed E-state index contributed by atoms with van der Waals surface area (Å²) in [6.45, 7) is 2.06. The highest BCUT2D eigenvalue weighted by atomic mass is 32.1. The van der Waals surface area contributed by atoms with Crippen LogP contribution < -0.4 is 0 Å². The minimum atomic E-state index is -0.406. The average molecular weight is 290 g/mol. The van der Waals surface area contributed by atoms with E-state index in [1.807, 2.05) is 0 Å². The number of halogens is 1. The summed E-state index contributed by atoms with van der Waals surface area (Å²) in [7, 11) is 0. The molecule has 0 amide bonds. The highest BCUT2D eigenvalue weighted by molar-refractivity contribution is 7.15. The molecule has 1 aromatic carbocycles. The number of rotatable bonds is 3. The van der Waals surface area contributed by atoms with E-state index >= 15 is 0 Å². The maximum atomic E-state index is 13.8. The smallest absolute Gasteiger partial charge is 0.356 e. The van der Waals surface area contributed by atoms with Crippen LogP contribution >= 0.6 is 11.3 Å².